The van der Waals surface area contributed by atoms with Crippen molar-refractivity contribution in [1.29, 1.82) is 0 Å². The lowest BCUT2D eigenvalue weighted by molar-refractivity contribution is -0.119. The Balaban J connectivity index is 1.68. The van der Waals surface area contributed by atoms with E-state index in [-0.39, 0.29) is 18.2 Å². The van der Waals surface area contributed by atoms with Crippen molar-refractivity contribution < 1.29 is 23.5 Å². The molecule has 0 bridgehead atoms. The number of anilines is 1. The average molecular weight is 405 g/mol. The van der Waals surface area contributed by atoms with Crippen LogP contribution < -0.4 is 16.2 Å². The molecule has 0 atom stereocenters. The molecule has 9 heteroatoms. The molecule has 0 aromatic heterocycles. The maximum absolute atomic E-state index is 13.1. The summed E-state index contributed by atoms with van der Waals surface area (Å²) < 4.78 is 17.9. The van der Waals surface area contributed by atoms with Gasteiger partial charge in [-0.2, -0.15) is 0 Å². The third-order valence-corrected chi connectivity index (χ3v) is 4.36. The average Bonchev–Trinajstić information content (AvgIpc) is 2.67. The summed E-state index contributed by atoms with van der Waals surface area (Å²) >= 11 is 1.29. The molecule has 0 unspecified atom stereocenters. The first-order valence-corrected chi connectivity index (χ1v) is 9.58. The van der Waals surface area contributed by atoms with E-state index in [1.54, 1.807) is 31.2 Å². The number of hydrogen-bond donors (Lipinski definition) is 3. The van der Waals surface area contributed by atoms with Crippen molar-refractivity contribution in [3.63, 3.8) is 0 Å². The number of esters is 1. The molecule has 3 N–H and O–H groups in total. The van der Waals surface area contributed by atoms with Gasteiger partial charge in [-0.05, 0) is 48.9 Å². The molecule has 3 amide bonds. The number of carbonyl (C=O) groups is 3. The molecule has 7 nitrogen and oxygen atoms in total. The Morgan fingerprint density at radius 2 is 1.82 bits per heavy atom. The molecular formula is C19H20FN3O4S. The predicted octanol–water partition coefficient (Wildman–Crippen LogP) is 3.09. The highest BCUT2D eigenvalue weighted by atomic mass is 32.2. The van der Waals surface area contributed by atoms with Crippen LogP contribution in [-0.4, -0.2) is 30.3 Å². The van der Waals surface area contributed by atoms with E-state index in [9.17, 15) is 18.8 Å². The Kier molecular flexibility index (Phi) is 8.29. The Morgan fingerprint density at radius 1 is 1.07 bits per heavy atom. The topological polar surface area (TPSA) is 96.5 Å². The van der Waals surface area contributed by atoms with E-state index in [0.29, 0.717) is 17.0 Å². The fourth-order valence-corrected chi connectivity index (χ4v) is 2.89. The monoisotopic (exact) mass is 405 g/mol. The molecule has 0 fully saturated rings. The van der Waals surface area contributed by atoms with Crippen molar-refractivity contribution in [2.45, 2.75) is 12.7 Å². The molecule has 2 rings (SSSR count). The second-order valence-electron chi connectivity index (χ2n) is 5.55. The number of nitrogens with one attached hydrogen (secondary N) is 3. The van der Waals surface area contributed by atoms with Crippen LogP contribution >= 0.6 is 11.8 Å². The van der Waals surface area contributed by atoms with Gasteiger partial charge >= 0.3 is 12.0 Å². The zero-order chi connectivity index (χ0) is 20.4. The minimum absolute atomic E-state index is 0.102. The van der Waals surface area contributed by atoms with Crippen LogP contribution in [0.5, 0.6) is 0 Å². The zero-order valence-electron chi connectivity index (χ0n) is 15.2. The van der Waals surface area contributed by atoms with Crippen molar-refractivity contribution in [2.24, 2.45) is 0 Å². The number of carbonyl (C=O) groups excluding carboxylic acids is 3. The predicted molar refractivity (Wildman–Crippen MR) is 105 cm³/mol. The van der Waals surface area contributed by atoms with E-state index in [0.717, 1.165) is 5.56 Å². The van der Waals surface area contributed by atoms with Gasteiger partial charge in [-0.15, -0.1) is 11.8 Å². The number of benzene rings is 2. The first-order valence-electron chi connectivity index (χ1n) is 8.43. The van der Waals surface area contributed by atoms with E-state index in [2.05, 4.69) is 16.2 Å². The van der Waals surface area contributed by atoms with Crippen LogP contribution in [0.15, 0.2) is 48.5 Å². The summed E-state index contributed by atoms with van der Waals surface area (Å²) in [5.41, 5.74) is 6.10. The van der Waals surface area contributed by atoms with Crippen molar-refractivity contribution >= 4 is 35.4 Å². The van der Waals surface area contributed by atoms with Gasteiger partial charge < -0.3 is 10.1 Å². The van der Waals surface area contributed by atoms with E-state index in [1.807, 2.05) is 0 Å². The van der Waals surface area contributed by atoms with Gasteiger partial charge in [-0.25, -0.2) is 19.4 Å². The first kappa shape index (κ1) is 21.2. The highest BCUT2D eigenvalue weighted by molar-refractivity contribution is 7.99. The molecule has 0 heterocycles. The molecule has 0 aliphatic rings. The maximum atomic E-state index is 13.1. The minimum Gasteiger partial charge on any atom is -0.462 e. The Bertz CT molecular complexity index is 830. The minimum atomic E-state index is -0.632. The molecule has 0 saturated carbocycles. The van der Waals surface area contributed by atoms with Crippen LogP contribution in [0.25, 0.3) is 0 Å². The Morgan fingerprint density at radius 3 is 2.50 bits per heavy atom. The summed E-state index contributed by atoms with van der Waals surface area (Å²) in [7, 11) is 0. The number of hydrogen-bond acceptors (Lipinski definition) is 5. The number of ether oxygens (including phenoxy) is 1. The van der Waals surface area contributed by atoms with Crippen LogP contribution in [0.2, 0.25) is 0 Å². The van der Waals surface area contributed by atoms with Gasteiger partial charge in [0.2, 0.25) is 5.91 Å². The van der Waals surface area contributed by atoms with Gasteiger partial charge in [-0.3, -0.25) is 10.2 Å². The smallest absolute Gasteiger partial charge is 0.338 e. The standard InChI is InChI=1S/C19H20FN3O4S/c1-2-27-18(25)14-6-8-16(9-7-14)21-19(26)23-22-17(24)12-28-11-13-4-3-5-15(20)10-13/h3-10H,2,11-12H2,1H3,(H,22,24)(H2,21,23,26). The second kappa shape index (κ2) is 10.9. The number of amides is 3. The highest BCUT2D eigenvalue weighted by Crippen LogP contribution is 2.13. The van der Waals surface area contributed by atoms with Gasteiger partial charge in [0.15, 0.2) is 0 Å². The van der Waals surface area contributed by atoms with Crippen molar-refractivity contribution in [2.75, 3.05) is 17.7 Å². The van der Waals surface area contributed by atoms with Gasteiger partial charge in [0.1, 0.15) is 5.82 Å². The highest BCUT2D eigenvalue weighted by Gasteiger charge is 2.08. The van der Waals surface area contributed by atoms with E-state index < -0.39 is 17.9 Å². The molecule has 2 aromatic carbocycles. The third-order valence-electron chi connectivity index (χ3n) is 3.36. The van der Waals surface area contributed by atoms with Crippen molar-refractivity contribution in [1.82, 2.24) is 10.9 Å². The van der Waals surface area contributed by atoms with Crippen molar-refractivity contribution in [3.8, 4) is 0 Å². The molecule has 28 heavy (non-hydrogen) atoms. The van der Waals surface area contributed by atoms with E-state index in [4.69, 9.17) is 4.74 Å². The summed E-state index contributed by atoms with van der Waals surface area (Å²) in [4.78, 5) is 35.1. The number of hydrazine groups is 1. The van der Waals surface area contributed by atoms with Gasteiger partial charge in [-0.1, -0.05) is 12.1 Å². The van der Waals surface area contributed by atoms with Gasteiger partial charge in [0, 0.05) is 11.4 Å². The van der Waals surface area contributed by atoms with Gasteiger partial charge in [0.05, 0.1) is 17.9 Å². The van der Waals surface area contributed by atoms with Crippen LogP contribution in [0, 0.1) is 5.82 Å². The largest absolute Gasteiger partial charge is 0.462 e. The summed E-state index contributed by atoms with van der Waals surface area (Å²) in [6, 6.07) is 11.6. The number of rotatable bonds is 7. The molecule has 2 aromatic rings. The molecule has 0 radical (unpaired) electrons. The lowest BCUT2D eigenvalue weighted by Crippen LogP contribution is -2.44. The molecule has 0 aliphatic carbocycles. The Labute approximate surface area is 166 Å². The molecule has 0 saturated heterocycles. The SMILES string of the molecule is CCOC(=O)c1ccc(NC(=O)NNC(=O)CSCc2cccc(F)c2)cc1. The third kappa shape index (κ3) is 7.28. The van der Waals surface area contributed by atoms with Crippen molar-refractivity contribution in [3.05, 3.63) is 65.5 Å². The quantitative estimate of drug-likeness (QED) is 0.486. The van der Waals surface area contributed by atoms with Gasteiger partial charge in [0.25, 0.3) is 0 Å². The fourth-order valence-electron chi connectivity index (χ4n) is 2.12. The summed E-state index contributed by atoms with van der Waals surface area (Å²) in [5.74, 6) is -0.582. The summed E-state index contributed by atoms with van der Waals surface area (Å²) in [6.07, 6.45) is 0. The number of urea groups is 1. The van der Waals surface area contributed by atoms with Crippen LogP contribution in [0.3, 0.4) is 0 Å². The lowest BCUT2D eigenvalue weighted by atomic mass is 10.2. The summed E-state index contributed by atoms with van der Waals surface area (Å²) in [5, 5.41) is 2.52. The molecule has 148 valence electrons. The zero-order valence-corrected chi connectivity index (χ0v) is 16.0. The molecule has 0 spiro atoms. The number of halogens is 1. The number of thioether (sulfide) groups is 1. The fraction of sp³-hybridized carbons (Fsp3) is 0.211. The normalized spacial score (nSPS) is 10.1. The van der Waals surface area contributed by atoms with Crippen LogP contribution in [0.1, 0.15) is 22.8 Å². The van der Waals surface area contributed by atoms with Crippen LogP contribution in [-0.2, 0) is 15.3 Å². The summed E-state index contributed by atoms with van der Waals surface area (Å²) in [6.45, 7) is 1.99. The van der Waals surface area contributed by atoms with E-state index >= 15 is 0 Å². The molecular weight excluding hydrogens is 385 g/mol. The first-order chi connectivity index (χ1) is 13.5. The second-order valence-corrected chi connectivity index (χ2v) is 6.53. The Hall–Kier alpha value is -3.07. The van der Waals surface area contributed by atoms with E-state index in [1.165, 1.54) is 36.0 Å². The maximum Gasteiger partial charge on any atom is 0.338 e. The molecule has 0 aliphatic heterocycles. The lowest BCUT2D eigenvalue weighted by Gasteiger charge is -2.09. The van der Waals surface area contributed by atoms with Crippen LogP contribution in [0.4, 0.5) is 14.9 Å².